The van der Waals surface area contributed by atoms with E-state index in [1.165, 1.54) is 83.1 Å². The monoisotopic (exact) mass is 425 g/mol. The number of rotatable bonds is 20. The molecule has 0 fully saturated rings. The topological polar surface area (TPSA) is 66.4 Å². The maximum Gasteiger partial charge on any atom is 0.330 e. The van der Waals surface area contributed by atoms with E-state index in [9.17, 15) is 14.7 Å². The van der Waals surface area contributed by atoms with Crippen molar-refractivity contribution in [3.05, 3.63) is 12.2 Å². The second-order valence-corrected chi connectivity index (χ2v) is 9.54. The Kier molecular flexibility index (Phi) is 17.6. The van der Waals surface area contributed by atoms with Gasteiger partial charge in [0.15, 0.2) is 6.10 Å². The lowest BCUT2D eigenvalue weighted by Gasteiger charge is -2.29. The largest absolute Gasteiger partial charge is 0.550 e. The predicted octanol–water partition coefficient (Wildman–Crippen LogP) is 4.78. The molecule has 5 nitrogen and oxygen atoms in total. The minimum absolute atomic E-state index is 0.270. The van der Waals surface area contributed by atoms with Gasteiger partial charge in [-0.05, 0) is 12.8 Å². The van der Waals surface area contributed by atoms with Gasteiger partial charge in [-0.2, -0.15) is 0 Å². The molecule has 0 aromatic heterocycles. The molecule has 0 radical (unpaired) electrons. The summed E-state index contributed by atoms with van der Waals surface area (Å²) in [5.41, 5.74) is 0. The molecule has 1 atom stereocenters. The van der Waals surface area contributed by atoms with Gasteiger partial charge in [0.25, 0.3) is 0 Å². The van der Waals surface area contributed by atoms with Gasteiger partial charge < -0.3 is 19.1 Å². The smallest absolute Gasteiger partial charge is 0.330 e. The minimum atomic E-state index is -1.20. The first-order valence-corrected chi connectivity index (χ1v) is 12.1. The summed E-state index contributed by atoms with van der Waals surface area (Å²) in [6.45, 7) is 2.70. The molecule has 0 bridgehead atoms. The highest BCUT2D eigenvalue weighted by atomic mass is 16.5. The molecular weight excluding hydrogens is 378 g/mol. The summed E-state index contributed by atoms with van der Waals surface area (Å²) in [6, 6.07) is 0. The van der Waals surface area contributed by atoms with E-state index >= 15 is 0 Å². The molecule has 176 valence electrons. The van der Waals surface area contributed by atoms with Crippen LogP contribution in [0.1, 0.15) is 103 Å². The fraction of sp³-hybridized carbons (Fsp3) is 0.840. The number of nitrogens with zero attached hydrogens (tertiary/aromatic N) is 1. The van der Waals surface area contributed by atoms with Crippen molar-refractivity contribution in [2.75, 3.05) is 27.7 Å². The third kappa shape index (κ3) is 21.4. The molecule has 0 spiro atoms. The van der Waals surface area contributed by atoms with Crippen molar-refractivity contribution >= 4 is 11.9 Å². The van der Waals surface area contributed by atoms with E-state index < -0.39 is 18.0 Å². The zero-order valence-corrected chi connectivity index (χ0v) is 20.1. The highest BCUT2D eigenvalue weighted by Gasteiger charge is 2.21. The molecule has 5 heteroatoms. The predicted molar refractivity (Wildman–Crippen MR) is 122 cm³/mol. The molecule has 30 heavy (non-hydrogen) atoms. The van der Waals surface area contributed by atoms with Crippen molar-refractivity contribution in [1.82, 2.24) is 0 Å². The lowest BCUT2D eigenvalue weighted by molar-refractivity contribution is -0.873. The van der Waals surface area contributed by atoms with Crippen molar-refractivity contribution in [3.63, 3.8) is 0 Å². The zero-order chi connectivity index (χ0) is 22.7. The van der Waals surface area contributed by atoms with Gasteiger partial charge in [-0.25, -0.2) is 4.79 Å². The number of allylic oxidation sites excluding steroid dienone is 1. The summed E-state index contributed by atoms with van der Waals surface area (Å²) in [5, 5.41) is 10.9. The number of ether oxygens (including phenoxy) is 1. The van der Waals surface area contributed by atoms with E-state index in [2.05, 4.69) is 6.92 Å². The van der Waals surface area contributed by atoms with Crippen LogP contribution in [0.15, 0.2) is 12.2 Å². The highest BCUT2D eigenvalue weighted by molar-refractivity contribution is 5.82. The first kappa shape index (κ1) is 28.6. The van der Waals surface area contributed by atoms with Gasteiger partial charge in [0.2, 0.25) is 0 Å². The van der Waals surface area contributed by atoms with E-state index in [-0.39, 0.29) is 6.42 Å². The van der Waals surface area contributed by atoms with Gasteiger partial charge in [-0.1, -0.05) is 90.0 Å². The summed E-state index contributed by atoms with van der Waals surface area (Å²) in [4.78, 5) is 22.8. The van der Waals surface area contributed by atoms with Crippen LogP contribution in [0.2, 0.25) is 0 Å². The molecule has 0 aliphatic rings. The van der Waals surface area contributed by atoms with Crippen molar-refractivity contribution in [3.8, 4) is 0 Å². The van der Waals surface area contributed by atoms with Crippen molar-refractivity contribution in [2.24, 2.45) is 0 Å². The number of carbonyl (C=O) groups excluding carboxylic acids is 2. The number of aliphatic carboxylic acids is 1. The lowest BCUT2D eigenvalue weighted by atomic mass is 10.0. The van der Waals surface area contributed by atoms with Gasteiger partial charge >= 0.3 is 5.97 Å². The number of carboxylic acids is 1. The van der Waals surface area contributed by atoms with E-state index in [0.717, 1.165) is 12.8 Å². The second kappa shape index (κ2) is 18.4. The maximum atomic E-state index is 11.9. The molecule has 0 aliphatic heterocycles. The highest BCUT2D eigenvalue weighted by Crippen LogP contribution is 2.13. The zero-order valence-electron chi connectivity index (χ0n) is 20.1. The van der Waals surface area contributed by atoms with Crippen LogP contribution in [-0.4, -0.2) is 50.2 Å². The van der Waals surface area contributed by atoms with Gasteiger partial charge in [-0.3, -0.25) is 0 Å². The third-order valence-electron chi connectivity index (χ3n) is 5.16. The number of unbranched alkanes of at least 4 members (excludes halogenated alkanes) is 13. The van der Waals surface area contributed by atoms with E-state index in [4.69, 9.17) is 4.74 Å². The summed E-state index contributed by atoms with van der Waals surface area (Å²) < 4.78 is 5.82. The van der Waals surface area contributed by atoms with Crippen LogP contribution in [0.25, 0.3) is 0 Å². The van der Waals surface area contributed by atoms with Crippen molar-refractivity contribution in [2.45, 2.75) is 109 Å². The molecule has 0 saturated heterocycles. The molecule has 0 saturated carbocycles. The van der Waals surface area contributed by atoms with Crippen molar-refractivity contribution in [1.29, 1.82) is 0 Å². The molecule has 1 unspecified atom stereocenters. The normalized spacial score (nSPS) is 12.9. The number of hydrogen-bond donors (Lipinski definition) is 0. The molecule has 0 aromatic rings. The Bertz CT molecular complexity index is 468. The first-order valence-electron chi connectivity index (χ1n) is 12.1. The minimum Gasteiger partial charge on any atom is -0.550 e. The number of esters is 1. The van der Waals surface area contributed by atoms with Gasteiger partial charge in [0.1, 0.15) is 6.54 Å². The van der Waals surface area contributed by atoms with Crippen LogP contribution in [0.3, 0.4) is 0 Å². The van der Waals surface area contributed by atoms with Gasteiger partial charge in [0.05, 0.1) is 21.1 Å². The van der Waals surface area contributed by atoms with Crippen LogP contribution in [0.4, 0.5) is 0 Å². The number of hydrogen-bond acceptors (Lipinski definition) is 4. The molecule has 0 aromatic carbocycles. The lowest BCUT2D eigenvalue weighted by Crippen LogP contribution is -2.45. The summed E-state index contributed by atoms with van der Waals surface area (Å²) in [7, 11) is 5.79. The Balaban J connectivity index is 3.68. The van der Waals surface area contributed by atoms with Gasteiger partial charge in [-0.15, -0.1) is 0 Å². The summed E-state index contributed by atoms with van der Waals surface area (Å²) in [5.74, 6) is -1.67. The molecule has 0 rings (SSSR count). The second-order valence-electron chi connectivity index (χ2n) is 9.54. The Labute approximate surface area is 185 Å². The summed E-state index contributed by atoms with van der Waals surface area (Å²) in [6.07, 6.45) is 20.4. The molecule has 0 aliphatic carbocycles. The Morgan fingerprint density at radius 3 is 1.73 bits per heavy atom. The number of carbonyl (C=O) groups is 2. The average Bonchev–Trinajstić information content (AvgIpc) is 2.63. The molecule has 0 N–H and O–H groups in total. The fourth-order valence-electron chi connectivity index (χ4n) is 3.60. The molecular formula is C25H47NO4. The quantitative estimate of drug-likeness (QED) is 0.122. The van der Waals surface area contributed by atoms with Crippen LogP contribution in [0.5, 0.6) is 0 Å². The maximum absolute atomic E-state index is 11.9. The van der Waals surface area contributed by atoms with E-state index in [0.29, 0.717) is 11.0 Å². The van der Waals surface area contributed by atoms with E-state index in [1.807, 2.05) is 27.2 Å². The van der Waals surface area contributed by atoms with Gasteiger partial charge in [0, 0.05) is 18.5 Å². The van der Waals surface area contributed by atoms with Crippen molar-refractivity contribution < 1.29 is 23.9 Å². The summed E-state index contributed by atoms with van der Waals surface area (Å²) >= 11 is 0. The van der Waals surface area contributed by atoms with E-state index in [1.54, 1.807) is 0 Å². The fourth-order valence-corrected chi connectivity index (χ4v) is 3.60. The number of likely N-dealkylation sites (N-methyl/N-ethyl adjacent to an activating group) is 1. The Hall–Kier alpha value is -1.36. The molecule has 0 amide bonds. The average molecular weight is 426 g/mol. The Morgan fingerprint density at radius 1 is 0.833 bits per heavy atom. The van der Waals surface area contributed by atoms with Crippen LogP contribution in [0, 0.1) is 0 Å². The Morgan fingerprint density at radius 2 is 1.30 bits per heavy atom. The standard InChI is InChI=1S/C25H47NO4/c1-5-6-7-8-9-10-11-12-13-14-15-16-17-18-19-20-25(29)30-23(21-24(27)28)22-26(2,3)4/h19-20,23H,5-18,21-22H2,1-4H3/b20-19+. The first-order chi connectivity index (χ1) is 14.2. The van der Waals surface area contributed by atoms with Crippen LogP contribution < -0.4 is 5.11 Å². The van der Waals surface area contributed by atoms with Crippen LogP contribution >= 0.6 is 0 Å². The number of quaternary nitrogens is 1. The van der Waals surface area contributed by atoms with Crippen LogP contribution in [-0.2, 0) is 14.3 Å². The SMILES string of the molecule is CCCCCCCCCCCCCCC/C=C/C(=O)OC(CC(=O)[O-])C[N+](C)(C)C. The molecule has 0 heterocycles. The number of carboxylic acid groups (broad SMARTS) is 1. The third-order valence-corrected chi connectivity index (χ3v) is 5.16.